The molecule has 0 amide bonds. The number of allylic oxidation sites excluding steroid dienone is 4. The Morgan fingerprint density at radius 1 is 0.727 bits per heavy atom. The maximum absolute atomic E-state index is 2.56. The van der Waals surface area contributed by atoms with Gasteiger partial charge in [-0.3, -0.25) is 0 Å². The van der Waals surface area contributed by atoms with E-state index < -0.39 is 0 Å². The van der Waals surface area contributed by atoms with Gasteiger partial charge < -0.3 is 0 Å². The highest BCUT2D eigenvalue weighted by molar-refractivity contribution is 5.68. The monoisotopic (exact) mass is 294 g/mol. The maximum Gasteiger partial charge on any atom is -0.00962 e. The van der Waals surface area contributed by atoms with Crippen molar-refractivity contribution in [1.29, 1.82) is 0 Å². The third kappa shape index (κ3) is 4.12. The maximum atomic E-state index is 2.56. The minimum Gasteiger partial charge on any atom is -0.0882 e. The first-order chi connectivity index (χ1) is 10.9. The number of rotatable bonds is 2. The Balaban J connectivity index is 1.89. The molecule has 0 fully saturated rings. The van der Waals surface area contributed by atoms with Crippen molar-refractivity contribution in [3.8, 4) is 0 Å². The third-order valence-electron chi connectivity index (χ3n) is 5.40. The zero-order chi connectivity index (χ0) is 15.0. The van der Waals surface area contributed by atoms with Crippen LogP contribution in [-0.4, -0.2) is 0 Å². The van der Waals surface area contributed by atoms with Crippen molar-refractivity contribution in [2.24, 2.45) is 11.8 Å². The van der Waals surface area contributed by atoms with Crippen LogP contribution < -0.4 is 0 Å². The highest BCUT2D eigenvalue weighted by atomic mass is 14.3. The second kappa shape index (κ2) is 8.36. The van der Waals surface area contributed by atoms with E-state index in [-0.39, 0.29) is 0 Å². The fraction of sp³-hybridized carbons (Fsp3) is 0.545. The Morgan fingerprint density at radius 3 is 2.36 bits per heavy atom. The van der Waals surface area contributed by atoms with Crippen LogP contribution in [0, 0.1) is 11.8 Å². The van der Waals surface area contributed by atoms with Gasteiger partial charge in [0, 0.05) is 0 Å². The minimum atomic E-state index is 0.733. The highest BCUT2D eigenvalue weighted by Gasteiger charge is 2.24. The summed E-state index contributed by atoms with van der Waals surface area (Å²) in [7, 11) is 0. The molecule has 2 unspecified atom stereocenters. The van der Waals surface area contributed by atoms with Crippen molar-refractivity contribution in [2.75, 3.05) is 0 Å². The molecule has 0 heterocycles. The van der Waals surface area contributed by atoms with E-state index in [0.717, 1.165) is 11.8 Å². The van der Waals surface area contributed by atoms with E-state index in [1.165, 1.54) is 69.8 Å². The van der Waals surface area contributed by atoms with Gasteiger partial charge in [-0.2, -0.15) is 0 Å². The Bertz CT molecular complexity index is 494. The van der Waals surface area contributed by atoms with Crippen LogP contribution in [0.4, 0.5) is 0 Å². The average molecular weight is 294 g/mol. The van der Waals surface area contributed by atoms with Crippen molar-refractivity contribution < 1.29 is 0 Å². The second-order valence-corrected chi connectivity index (χ2v) is 7.00. The van der Waals surface area contributed by atoms with E-state index in [1.54, 1.807) is 5.57 Å². The van der Waals surface area contributed by atoms with Crippen molar-refractivity contribution in [2.45, 2.75) is 64.2 Å². The Morgan fingerprint density at radius 2 is 1.50 bits per heavy atom. The van der Waals surface area contributed by atoms with Gasteiger partial charge in [0.1, 0.15) is 0 Å². The van der Waals surface area contributed by atoms with Gasteiger partial charge in [-0.25, -0.2) is 0 Å². The molecule has 1 aromatic rings. The van der Waals surface area contributed by atoms with Gasteiger partial charge in [-0.05, 0) is 61.5 Å². The molecule has 3 rings (SSSR count). The summed E-state index contributed by atoms with van der Waals surface area (Å²) in [5.41, 5.74) is 3.10. The molecule has 0 N–H and O–H groups in total. The second-order valence-electron chi connectivity index (χ2n) is 7.00. The lowest BCUT2D eigenvalue weighted by Crippen LogP contribution is -2.17. The molecule has 0 saturated heterocycles. The number of hydrogen-bond acceptors (Lipinski definition) is 0. The molecule has 0 saturated carbocycles. The molecule has 22 heavy (non-hydrogen) atoms. The Kier molecular flexibility index (Phi) is 5.93. The molecule has 0 bridgehead atoms. The van der Waals surface area contributed by atoms with Crippen LogP contribution in [0.5, 0.6) is 0 Å². The van der Waals surface area contributed by atoms with Crippen LogP contribution in [0.1, 0.15) is 69.8 Å². The Labute approximate surface area is 136 Å². The van der Waals surface area contributed by atoms with Gasteiger partial charge >= 0.3 is 0 Å². The smallest absolute Gasteiger partial charge is 0.00962 e. The van der Waals surface area contributed by atoms with E-state index in [4.69, 9.17) is 0 Å². The average Bonchev–Trinajstić information content (AvgIpc) is 2.49. The molecule has 2 aliphatic rings. The minimum absolute atomic E-state index is 0.733. The van der Waals surface area contributed by atoms with Crippen LogP contribution in [0.15, 0.2) is 48.6 Å². The standard InChI is InChI=1S/C22H30/c1-2-7-13-19(14-8-3-1)21-17-11-4-5-12-18-22(21)20-15-9-6-10-16-20/h6-7,9-10,13,15-16,18-19,21H,1-5,8,11-12,14,17H2. The third-order valence-corrected chi connectivity index (χ3v) is 5.40. The quantitative estimate of drug-likeness (QED) is 0.527. The molecule has 0 radical (unpaired) electrons. The normalized spacial score (nSPS) is 27.2. The first-order valence-corrected chi connectivity index (χ1v) is 9.37. The zero-order valence-corrected chi connectivity index (χ0v) is 13.8. The fourth-order valence-corrected chi connectivity index (χ4v) is 4.18. The van der Waals surface area contributed by atoms with Crippen molar-refractivity contribution in [3.05, 3.63) is 54.1 Å². The molecule has 2 atom stereocenters. The summed E-state index contributed by atoms with van der Waals surface area (Å²) in [6.07, 6.45) is 21.3. The summed E-state index contributed by atoms with van der Waals surface area (Å²) in [6, 6.07) is 11.2. The van der Waals surface area contributed by atoms with Gasteiger partial charge in [-0.1, -0.05) is 74.2 Å². The highest BCUT2D eigenvalue weighted by Crippen LogP contribution is 2.39. The molecular formula is C22H30. The summed E-state index contributed by atoms with van der Waals surface area (Å²) in [5, 5.41) is 0. The molecule has 0 aromatic heterocycles. The topological polar surface area (TPSA) is 0 Å². The summed E-state index contributed by atoms with van der Waals surface area (Å²) < 4.78 is 0. The molecule has 2 aliphatic carbocycles. The van der Waals surface area contributed by atoms with E-state index in [0.29, 0.717) is 0 Å². The molecule has 118 valence electrons. The lowest BCUT2D eigenvalue weighted by molar-refractivity contribution is 0.390. The van der Waals surface area contributed by atoms with Crippen LogP contribution in [-0.2, 0) is 0 Å². The van der Waals surface area contributed by atoms with Crippen LogP contribution in [0.3, 0.4) is 0 Å². The van der Waals surface area contributed by atoms with E-state index >= 15 is 0 Å². The number of benzene rings is 1. The van der Waals surface area contributed by atoms with E-state index in [2.05, 4.69) is 48.6 Å². The van der Waals surface area contributed by atoms with Gasteiger partial charge in [0.05, 0.1) is 0 Å². The zero-order valence-electron chi connectivity index (χ0n) is 13.8. The van der Waals surface area contributed by atoms with Gasteiger partial charge in [-0.15, -0.1) is 0 Å². The van der Waals surface area contributed by atoms with E-state index in [1.807, 2.05) is 0 Å². The fourth-order valence-electron chi connectivity index (χ4n) is 4.18. The molecule has 1 aromatic carbocycles. The van der Waals surface area contributed by atoms with Gasteiger partial charge in [0.25, 0.3) is 0 Å². The number of hydrogen-bond donors (Lipinski definition) is 0. The summed E-state index contributed by atoms with van der Waals surface area (Å²) in [4.78, 5) is 0. The first-order valence-electron chi connectivity index (χ1n) is 9.37. The molecule has 0 aliphatic heterocycles. The van der Waals surface area contributed by atoms with Gasteiger partial charge in [0.2, 0.25) is 0 Å². The molecule has 0 spiro atoms. The first kappa shape index (κ1) is 15.6. The van der Waals surface area contributed by atoms with Gasteiger partial charge in [0.15, 0.2) is 0 Å². The summed E-state index contributed by atoms with van der Waals surface area (Å²) >= 11 is 0. The van der Waals surface area contributed by atoms with E-state index in [9.17, 15) is 0 Å². The van der Waals surface area contributed by atoms with Crippen molar-refractivity contribution >= 4 is 5.57 Å². The molecular weight excluding hydrogens is 264 g/mol. The molecule has 0 heteroatoms. The lowest BCUT2D eigenvalue weighted by Gasteiger charge is -2.30. The molecule has 0 nitrogen and oxygen atoms in total. The predicted octanol–water partition coefficient (Wildman–Crippen LogP) is 6.79. The SMILES string of the molecule is C1=CC(C2CCCCCC=C2c2ccccc2)CCCCC1. The van der Waals surface area contributed by atoms with Crippen LogP contribution in [0.25, 0.3) is 5.57 Å². The van der Waals surface area contributed by atoms with Crippen LogP contribution in [0.2, 0.25) is 0 Å². The predicted molar refractivity (Wildman–Crippen MR) is 96.7 cm³/mol. The van der Waals surface area contributed by atoms with Crippen LogP contribution >= 0.6 is 0 Å². The van der Waals surface area contributed by atoms with Crippen molar-refractivity contribution in [1.82, 2.24) is 0 Å². The Hall–Kier alpha value is -1.30. The van der Waals surface area contributed by atoms with Crippen molar-refractivity contribution in [3.63, 3.8) is 0 Å². The largest absolute Gasteiger partial charge is 0.0882 e. The summed E-state index contributed by atoms with van der Waals surface area (Å²) in [6.45, 7) is 0. The summed E-state index contributed by atoms with van der Waals surface area (Å²) in [5.74, 6) is 1.49. The lowest BCUT2D eigenvalue weighted by atomic mass is 9.75.